The van der Waals surface area contributed by atoms with Gasteiger partial charge in [0.25, 0.3) is 0 Å². The standard InChI is InChI=1S/C20H24N2O2/c1-15-9-10-16(2)19(13-15)24-12-6-5-11-22-18-8-4-3-7-17(18)21-20(22)14-23/h3-4,7-10,13,23H,5-6,11-12,14H2,1-2H3. The van der Waals surface area contributed by atoms with Crippen LogP contribution in [-0.2, 0) is 13.2 Å². The zero-order chi connectivity index (χ0) is 16.9. The minimum absolute atomic E-state index is 0.0341. The third-order valence-electron chi connectivity index (χ3n) is 4.25. The maximum Gasteiger partial charge on any atom is 0.135 e. The maximum absolute atomic E-state index is 9.52. The number of aryl methyl sites for hydroxylation is 3. The van der Waals surface area contributed by atoms with Gasteiger partial charge in [0.1, 0.15) is 18.2 Å². The lowest BCUT2D eigenvalue weighted by Crippen LogP contribution is -2.06. The number of hydrogen-bond acceptors (Lipinski definition) is 3. The van der Waals surface area contributed by atoms with Gasteiger partial charge in [-0.05, 0) is 56.0 Å². The van der Waals surface area contributed by atoms with Crippen molar-refractivity contribution in [2.45, 2.75) is 39.8 Å². The molecule has 0 aliphatic heterocycles. The Morgan fingerprint density at radius 2 is 1.92 bits per heavy atom. The van der Waals surface area contributed by atoms with Crippen LogP contribution < -0.4 is 4.74 Å². The molecule has 1 N–H and O–H groups in total. The summed E-state index contributed by atoms with van der Waals surface area (Å²) in [6.07, 6.45) is 1.95. The smallest absolute Gasteiger partial charge is 0.135 e. The molecule has 24 heavy (non-hydrogen) atoms. The molecular formula is C20H24N2O2. The van der Waals surface area contributed by atoms with Crippen molar-refractivity contribution in [3.63, 3.8) is 0 Å². The van der Waals surface area contributed by atoms with Gasteiger partial charge in [0.05, 0.1) is 17.6 Å². The van der Waals surface area contributed by atoms with E-state index in [1.165, 1.54) is 11.1 Å². The highest BCUT2D eigenvalue weighted by Crippen LogP contribution is 2.20. The number of rotatable bonds is 7. The summed E-state index contributed by atoms with van der Waals surface area (Å²) in [5.74, 6) is 1.70. The van der Waals surface area contributed by atoms with E-state index in [1.54, 1.807) is 0 Å². The Kier molecular flexibility index (Phi) is 5.16. The Morgan fingerprint density at radius 1 is 1.08 bits per heavy atom. The van der Waals surface area contributed by atoms with Crippen molar-refractivity contribution < 1.29 is 9.84 Å². The molecule has 0 radical (unpaired) electrons. The number of benzene rings is 2. The van der Waals surface area contributed by atoms with Crippen molar-refractivity contribution in [1.82, 2.24) is 9.55 Å². The van der Waals surface area contributed by atoms with Crippen LogP contribution in [0, 0.1) is 13.8 Å². The number of aliphatic hydroxyl groups is 1. The normalized spacial score (nSPS) is 11.1. The van der Waals surface area contributed by atoms with Crippen LogP contribution >= 0.6 is 0 Å². The van der Waals surface area contributed by atoms with Crippen molar-refractivity contribution in [1.29, 1.82) is 0 Å². The Balaban J connectivity index is 1.56. The highest BCUT2D eigenvalue weighted by Gasteiger charge is 2.09. The monoisotopic (exact) mass is 324 g/mol. The summed E-state index contributed by atoms with van der Waals surface area (Å²) in [4.78, 5) is 4.48. The van der Waals surface area contributed by atoms with Crippen molar-refractivity contribution in [3.8, 4) is 5.75 Å². The maximum atomic E-state index is 9.52. The minimum atomic E-state index is -0.0341. The second-order valence-electron chi connectivity index (χ2n) is 6.15. The fourth-order valence-electron chi connectivity index (χ4n) is 2.91. The summed E-state index contributed by atoms with van der Waals surface area (Å²) in [5.41, 5.74) is 4.40. The molecule has 0 saturated carbocycles. The Morgan fingerprint density at radius 3 is 2.75 bits per heavy atom. The first kappa shape index (κ1) is 16.5. The van der Waals surface area contributed by atoms with E-state index in [0.717, 1.165) is 42.0 Å². The summed E-state index contributed by atoms with van der Waals surface area (Å²) in [5, 5.41) is 9.52. The number of imidazole rings is 1. The van der Waals surface area contributed by atoms with Gasteiger partial charge in [-0.2, -0.15) is 0 Å². The number of hydrogen-bond donors (Lipinski definition) is 1. The lowest BCUT2D eigenvalue weighted by Gasteiger charge is -2.11. The third kappa shape index (κ3) is 3.60. The molecule has 0 aliphatic carbocycles. The molecular weight excluding hydrogens is 300 g/mol. The van der Waals surface area contributed by atoms with Crippen molar-refractivity contribution >= 4 is 11.0 Å². The highest BCUT2D eigenvalue weighted by atomic mass is 16.5. The van der Waals surface area contributed by atoms with Crippen LogP contribution in [0.4, 0.5) is 0 Å². The number of unbranched alkanes of at least 4 members (excludes halogenated alkanes) is 1. The van der Waals surface area contributed by atoms with Gasteiger partial charge < -0.3 is 14.4 Å². The molecule has 4 heteroatoms. The van der Waals surface area contributed by atoms with Crippen molar-refractivity contribution in [2.24, 2.45) is 0 Å². The Hall–Kier alpha value is -2.33. The van der Waals surface area contributed by atoms with Crippen LogP contribution in [0.2, 0.25) is 0 Å². The topological polar surface area (TPSA) is 47.3 Å². The van der Waals surface area contributed by atoms with E-state index in [-0.39, 0.29) is 6.61 Å². The summed E-state index contributed by atoms with van der Waals surface area (Å²) in [6, 6.07) is 14.3. The average molecular weight is 324 g/mol. The van der Waals surface area contributed by atoms with Crippen LogP contribution in [0.3, 0.4) is 0 Å². The summed E-state index contributed by atoms with van der Waals surface area (Å²) < 4.78 is 8.01. The predicted octanol–water partition coefficient (Wildman–Crippen LogP) is 4.00. The first-order valence-electron chi connectivity index (χ1n) is 8.44. The Bertz CT molecular complexity index is 824. The molecule has 0 atom stereocenters. The van der Waals surface area contributed by atoms with Gasteiger partial charge in [0.15, 0.2) is 0 Å². The number of ether oxygens (including phenoxy) is 1. The molecule has 0 saturated heterocycles. The second-order valence-corrected chi connectivity index (χ2v) is 6.15. The van der Waals surface area contributed by atoms with Gasteiger partial charge in [-0.15, -0.1) is 0 Å². The van der Waals surface area contributed by atoms with E-state index in [9.17, 15) is 5.11 Å². The average Bonchev–Trinajstić information content (AvgIpc) is 2.95. The molecule has 0 bridgehead atoms. The largest absolute Gasteiger partial charge is 0.493 e. The first-order valence-corrected chi connectivity index (χ1v) is 8.44. The summed E-state index contributed by atoms with van der Waals surface area (Å²) in [7, 11) is 0. The molecule has 0 fully saturated rings. The predicted molar refractivity (Wildman–Crippen MR) is 96.3 cm³/mol. The van der Waals surface area contributed by atoms with Crippen LogP contribution in [0.15, 0.2) is 42.5 Å². The number of para-hydroxylation sites is 2. The molecule has 0 aliphatic rings. The fraction of sp³-hybridized carbons (Fsp3) is 0.350. The fourth-order valence-corrected chi connectivity index (χ4v) is 2.91. The lowest BCUT2D eigenvalue weighted by atomic mass is 10.1. The van der Waals surface area contributed by atoms with Crippen molar-refractivity contribution in [3.05, 3.63) is 59.4 Å². The number of fused-ring (bicyclic) bond motifs is 1. The molecule has 2 aromatic carbocycles. The molecule has 126 valence electrons. The highest BCUT2D eigenvalue weighted by molar-refractivity contribution is 5.75. The molecule has 1 aromatic heterocycles. The molecule has 0 spiro atoms. The molecule has 0 amide bonds. The SMILES string of the molecule is Cc1ccc(C)c(OCCCCn2c(CO)nc3ccccc32)c1. The van der Waals surface area contributed by atoms with Crippen LogP contribution in [-0.4, -0.2) is 21.3 Å². The summed E-state index contributed by atoms with van der Waals surface area (Å²) >= 11 is 0. The van der Waals surface area contributed by atoms with Gasteiger partial charge in [0.2, 0.25) is 0 Å². The van der Waals surface area contributed by atoms with E-state index >= 15 is 0 Å². The minimum Gasteiger partial charge on any atom is -0.493 e. The lowest BCUT2D eigenvalue weighted by molar-refractivity contribution is 0.263. The van der Waals surface area contributed by atoms with Crippen LogP contribution in [0.25, 0.3) is 11.0 Å². The van der Waals surface area contributed by atoms with Gasteiger partial charge in [-0.25, -0.2) is 4.98 Å². The second kappa shape index (κ2) is 7.49. The van der Waals surface area contributed by atoms with Crippen LogP contribution in [0.5, 0.6) is 5.75 Å². The van der Waals surface area contributed by atoms with Gasteiger partial charge in [0, 0.05) is 6.54 Å². The number of nitrogens with zero attached hydrogens (tertiary/aromatic N) is 2. The zero-order valence-electron chi connectivity index (χ0n) is 14.3. The quantitative estimate of drug-likeness (QED) is 0.668. The zero-order valence-corrected chi connectivity index (χ0v) is 14.3. The van der Waals surface area contributed by atoms with Crippen LogP contribution in [0.1, 0.15) is 29.8 Å². The third-order valence-corrected chi connectivity index (χ3v) is 4.25. The van der Waals surface area contributed by atoms with E-state index in [0.29, 0.717) is 6.61 Å². The van der Waals surface area contributed by atoms with E-state index in [1.807, 2.05) is 24.3 Å². The molecule has 0 unspecified atom stereocenters. The van der Waals surface area contributed by atoms with E-state index < -0.39 is 0 Å². The summed E-state index contributed by atoms with van der Waals surface area (Å²) in [6.45, 7) is 5.65. The molecule has 3 aromatic rings. The Labute approximate surface area is 142 Å². The van der Waals surface area contributed by atoms with Gasteiger partial charge in [-0.3, -0.25) is 0 Å². The molecule has 3 rings (SSSR count). The van der Waals surface area contributed by atoms with E-state index in [4.69, 9.17) is 4.74 Å². The van der Waals surface area contributed by atoms with Gasteiger partial charge >= 0.3 is 0 Å². The van der Waals surface area contributed by atoms with Gasteiger partial charge in [-0.1, -0.05) is 24.3 Å². The molecule has 1 heterocycles. The molecule has 4 nitrogen and oxygen atoms in total. The van der Waals surface area contributed by atoms with E-state index in [2.05, 4.69) is 41.6 Å². The number of aliphatic hydroxyl groups excluding tert-OH is 1. The first-order chi connectivity index (χ1) is 11.7. The number of aromatic nitrogens is 2. The van der Waals surface area contributed by atoms with Crippen molar-refractivity contribution in [2.75, 3.05) is 6.61 Å².